The Hall–Kier alpha value is -1.72. The van der Waals surface area contributed by atoms with Crippen molar-refractivity contribution in [1.29, 1.82) is 0 Å². The van der Waals surface area contributed by atoms with E-state index in [0.717, 1.165) is 11.1 Å². The zero-order chi connectivity index (χ0) is 14.9. The lowest BCUT2D eigenvalue weighted by Crippen LogP contribution is -2.09. The number of aryl methyl sites for hydroxylation is 1. The van der Waals surface area contributed by atoms with E-state index in [-0.39, 0.29) is 10.2 Å². The molecular weight excluding hydrogens is 296 g/mol. The number of methoxy groups -OCH3 is 1. The second-order valence-corrected chi connectivity index (χ2v) is 5.09. The van der Waals surface area contributed by atoms with Crippen LogP contribution in [0.5, 0.6) is 0 Å². The van der Waals surface area contributed by atoms with Crippen molar-refractivity contribution in [3.05, 3.63) is 44.7 Å². The summed E-state index contributed by atoms with van der Waals surface area (Å²) in [5.41, 5.74) is 2.65. The average Bonchev–Trinajstić information content (AvgIpc) is 2.40. The van der Waals surface area contributed by atoms with E-state index in [1.54, 1.807) is 6.92 Å². The van der Waals surface area contributed by atoms with Crippen molar-refractivity contribution in [3.8, 4) is 11.4 Å². The molecule has 4 nitrogen and oxygen atoms in total. The summed E-state index contributed by atoms with van der Waals surface area (Å²) >= 11 is 11.3. The lowest BCUT2D eigenvalue weighted by molar-refractivity contribution is 0.0598. The molecule has 2 aromatic rings. The van der Waals surface area contributed by atoms with E-state index < -0.39 is 5.97 Å². The molecule has 0 aliphatic heterocycles. The van der Waals surface area contributed by atoms with Crippen LogP contribution in [-0.2, 0) is 4.74 Å². The van der Waals surface area contributed by atoms with Crippen molar-refractivity contribution in [2.45, 2.75) is 13.8 Å². The van der Waals surface area contributed by atoms with Crippen molar-refractivity contribution in [2.75, 3.05) is 7.11 Å². The Morgan fingerprint density at radius 1 is 1.40 bits per heavy atom. The molecule has 6 heteroatoms. The minimum absolute atomic E-state index is 0.211. The maximum absolute atomic E-state index is 11.7. The molecular formula is C14H13ClN2O2S. The number of hydrogen-bond donors (Lipinski definition) is 1. The Bertz CT molecular complexity index is 740. The summed E-state index contributed by atoms with van der Waals surface area (Å²) in [7, 11) is 1.31. The van der Waals surface area contributed by atoms with Gasteiger partial charge in [-0.25, -0.2) is 9.78 Å². The molecule has 2 rings (SSSR count). The third kappa shape index (κ3) is 2.59. The maximum atomic E-state index is 11.7. The fourth-order valence-corrected chi connectivity index (χ4v) is 2.42. The van der Waals surface area contributed by atoms with Crippen molar-refractivity contribution in [2.24, 2.45) is 0 Å². The van der Waals surface area contributed by atoms with E-state index in [1.165, 1.54) is 7.11 Å². The summed E-state index contributed by atoms with van der Waals surface area (Å²) in [6.07, 6.45) is 0. The van der Waals surface area contributed by atoms with Gasteiger partial charge in [0, 0.05) is 16.3 Å². The Morgan fingerprint density at radius 3 is 2.70 bits per heavy atom. The van der Waals surface area contributed by atoms with Gasteiger partial charge in [0.2, 0.25) is 0 Å². The van der Waals surface area contributed by atoms with Gasteiger partial charge in [0.05, 0.1) is 7.11 Å². The third-order valence-corrected chi connectivity index (χ3v) is 3.73. The van der Waals surface area contributed by atoms with E-state index in [1.807, 2.05) is 25.1 Å². The number of carbonyl (C=O) groups excluding carboxylic acids is 1. The van der Waals surface area contributed by atoms with Gasteiger partial charge in [-0.2, -0.15) is 0 Å². The quantitative estimate of drug-likeness (QED) is 0.676. The first-order valence-corrected chi connectivity index (χ1v) is 6.69. The highest BCUT2D eigenvalue weighted by Crippen LogP contribution is 2.26. The van der Waals surface area contributed by atoms with Gasteiger partial charge in [0.25, 0.3) is 0 Å². The lowest BCUT2D eigenvalue weighted by atomic mass is 10.1. The fourth-order valence-electron chi connectivity index (χ4n) is 1.92. The summed E-state index contributed by atoms with van der Waals surface area (Å²) in [5.74, 6) is 0.0887. The average molecular weight is 309 g/mol. The van der Waals surface area contributed by atoms with Crippen molar-refractivity contribution >= 4 is 29.8 Å². The van der Waals surface area contributed by atoms with Crippen molar-refractivity contribution in [1.82, 2.24) is 9.97 Å². The van der Waals surface area contributed by atoms with Gasteiger partial charge in [-0.1, -0.05) is 36.0 Å². The van der Waals surface area contributed by atoms with Gasteiger partial charge in [0.15, 0.2) is 0 Å². The highest BCUT2D eigenvalue weighted by molar-refractivity contribution is 7.71. The summed E-state index contributed by atoms with van der Waals surface area (Å²) in [5, 5.41) is 0.651. The van der Waals surface area contributed by atoms with Gasteiger partial charge in [0.1, 0.15) is 16.0 Å². The zero-order valence-electron chi connectivity index (χ0n) is 11.3. The minimum atomic E-state index is -0.495. The molecule has 0 fully saturated rings. The second kappa shape index (κ2) is 5.73. The van der Waals surface area contributed by atoms with Gasteiger partial charge in [-0.05, 0) is 25.5 Å². The molecule has 0 aliphatic rings. The van der Waals surface area contributed by atoms with E-state index in [4.69, 9.17) is 28.6 Å². The molecule has 1 aromatic heterocycles. The summed E-state index contributed by atoms with van der Waals surface area (Å²) < 4.78 is 4.91. The number of esters is 1. The van der Waals surface area contributed by atoms with Crippen LogP contribution in [0.1, 0.15) is 21.6 Å². The normalized spacial score (nSPS) is 10.4. The number of ether oxygens (including phenoxy) is 1. The van der Waals surface area contributed by atoms with Crippen molar-refractivity contribution in [3.63, 3.8) is 0 Å². The molecule has 0 atom stereocenters. The Morgan fingerprint density at radius 2 is 2.10 bits per heavy atom. The number of aromatic amines is 1. The van der Waals surface area contributed by atoms with Crippen molar-refractivity contribution < 1.29 is 9.53 Å². The number of rotatable bonds is 2. The first-order valence-electron chi connectivity index (χ1n) is 5.90. The van der Waals surface area contributed by atoms with E-state index >= 15 is 0 Å². The number of nitrogens with zero attached hydrogens (tertiary/aromatic N) is 1. The van der Waals surface area contributed by atoms with Crippen LogP contribution in [0.2, 0.25) is 5.02 Å². The van der Waals surface area contributed by atoms with Crippen LogP contribution < -0.4 is 0 Å². The lowest BCUT2D eigenvalue weighted by Gasteiger charge is -2.10. The van der Waals surface area contributed by atoms with Gasteiger partial charge >= 0.3 is 5.97 Å². The predicted molar refractivity (Wildman–Crippen MR) is 80.7 cm³/mol. The van der Waals surface area contributed by atoms with Crippen LogP contribution in [0.15, 0.2) is 18.2 Å². The summed E-state index contributed by atoms with van der Waals surface area (Å²) in [6, 6.07) is 5.55. The molecule has 104 valence electrons. The number of halogens is 1. The smallest absolute Gasteiger partial charge is 0.342 e. The third-order valence-electron chi connectivity index (χ3n) is 3.02. The summed E-state index contributed by atoms with van der Waals surface area (Å²) in [6.45, 7) is 3.66. The Labute approximate surface area is 126 Å². The van der Waals surface area contributed by atoms with Crippen LogP contribution in [0.4, 0.5) is 0 Å². The predicted octanol–water partition coefficient (Wildman–Crippen LogP) is 3.86. The van der Waals surface area contributed by atoms with Gasteiger partial charge < -0.3 is 9.72 Å². The van der Waals surface area contributed by atoms with Gasteiger partial charge in [-0.3, -0.25) is 0 Å². The Balaban J connectivity index is 2.64. The molecule has 0 saturated carbocycles. The maximum Gasteiger partial charge on any atom is 0.342 e. The molecule has 0 spiro atoms. The second-order valence-electron chi connectivity index (χ2n) is 4.29. The van der Waals surface area contributed by atoms with E-state index in [0.29, 0.717) is 16.5 Å². The number of carbonyl (C=O) groups is 1. The number of nitrogens with one attached hydrogen (secondary N) is 1. The van der Waals surface area contributed by atoms with Crippen LogP contribution in [0, 0.1) is 18.5 Å². The molecule has 0 amide bonds. The fraction of sp³-hybridized carbons (Fsp3) is 0.214. The SMILES string of the molecule is COC(=O)c1c(C)[nH]c(-c2cccc(Cl)c2C)nc1=S. The molecule has 1 aromatic carbocycles. The number of benzene rings is 1. The van der Waals surface area contributed by atoms with Crippen LogP contribution in [0.25, 0.3) is 11.4 Å². The first kappa shape index (κ1) is 14.7. The molecule has 0 aliphatic carbocycles. The van der Waals surface area contributed by atoms with Crippen LogP contribution >= 0.6 is 23.8 Å². The first-order chi connectivity index (χ1) is 9.45. The number of H-pyrrole nitrogens is 1. The molecule has 20 heavy (non-hydrogen) atoms. The minimum Gasteiger partial charge on any atom is -0.465 e. The molecule has 0 unspecified atom stereocenters. The molecule has 0 radical (unpaired) electrons. The molecule has 1 N–H and O–H groups in total. The highest BCUT2D eigenvalue weighted by atomic mass is 35.5. The Kier molecular flexibility index (Phi) is 4.20. The molecule has 1 heterocycles. The topological polar surface area (TPSA) is 55.0 Å². The van der Waals surface area contributed by atoms with Crippen LogP contribution in [-0.4, -0.2) is 23.0 Å². The molecule has 0 saturated heterocycles. The van der Waals surface area contributed by atoms with Gasteiger partial charge in [-0.15, -0.1) is 0 Å². The van der Waals surface area contributed by atoms with E-state index in [2.05, 4.69) is 9.97 Å². The highest BCUT2D eigenvalue weighted by Gasteiger charge is 2.16. The molecule has 0 bridgehead atoms. The number of hydrogen-bond acceptors (Lipinski definition) is 4. The summed E-state index contributed by atoms with van der Waals surface area (Å²) in [4.78, 5) is 19.0. The van der Waals surface area contributed by atoms with E-state index in [9.17, 15) is 4.79 Å². The van der Waals surface area contributed by atoms with Crippen LogP contribution in [0.3, 0.4) is 0 Å². The number of aromatic nitrogens is 2. The largest absolute Gasteiger partial charge is 0.465 e. The monoisotopic (exact) mass is 308 g/mol. The zero-order valence-corrected chi connectivity index (χ0v) is 12.9. The standard InChI is InChI=1S/C14H13ClN2O2S/c1-7-9(5-4-6-10(7)15)12-16-8(2)11(13(20)17-12)14(18)19-3/h4-6H,1-3H3,(H,16,17,20).